The van der Waals surface area contributed by atoms with Gasteiger partial charge in [-0.05, 0) is 25.5 Å². The first-order valence-corrected chi connectivity index (χ1v) is 6.11. The molecule has 0 saturated carbocycles. The van der Waals surface area contributed by atoms with Gasteiger partial charge in [0.05, 0.1) is 11.8 Å². The molecule has 96 valence electrons. The molecule has 0 radical (unpaired) electrons. The van der Waals surface area contributed by atoms with E-state index < -0.39 is 11.7 Å². The van der Waals surface area contributed by atoms with Crippen molar-refractivity contribution >= 4 is 11.6 Å². The highest BCUT2D eigenvalue weighted by molar-refractivity contribution is 5.96. The molecule has 1 unspecified atom stereocenters. The fourth-order valence-corrected chi connectivity index (χ4v) is 1.84. The van der Waals surface area contributed by atoms with Crippen molar-refractivity contribution in [3.8, 4) is 6.07 Å². The molecule has 0 saturated heterocycles. The smallest absolute Gasteiger partial charge is 0.244 e. The third kappa shape index (κ3) is 3.07. The van der Waals surface area contributed by atoms with Crippen molar-refractivity contribution in [2.45, 2.75) is 26.7 Å². The first-order valence-electron chi connectivity index (χ1n) is 6.11. The zero-order valence-corrected chi connectivity index (χ0v) is 10.7. The lowest BCUT2D eigenvalue weighted by molar-refractivity contribution is -0.121. The van der Waals surface area contributed by atoms with E-state index in [-0.39, 0.29) is 11.6 Å². The second kappa shape index (κ2) is 6.75. The van der Waals surface area contributed by atoms with Gasteiger partial charge in [0.1, 0.15) is 11.7 Å². The quantitative estimate of drug-likeness (QED) is 0.803. The number of rotatable bonds is 5. The maximum atomic E-state index is 13.7. The molecule has 0 aliphatic carbocycles. The minimum atomic E-state index is -0.699. The molecule has 1 aromatic rings. The summed E-state index contributed by atoms with van der Waals surface area (Å²) >= 11 is 0. The summed E-state index contributed by atoms with van der Waals surface area (Å²) in [5.74, 6) is -1.47. The Morgan fingerprint density at radius 2 is 2.11 bits per heavy atom. The fourth-order valence-electron chi connectivity index (χ4n) is 1.84. The molecule has 0 aliphatic heterocycles. The van der Waals surface area contributed by atoms with Gasteiger partial charge in [0.25, 0.3) is 0 Å². The van der Waals surface area contributed by atoms with Crippen molar-refractivity contribution in [1.82, 2.24) is 0 Å². The van der Waals surface area contributed by atoms with Gasteiger partial charge in [0, 0.05) is 6.54 Å². The van der Waals surface area contributed by atoms with Crippen LogP contribution in [0.4, 0.5) is 10.1 Å². The van der Waals surface area contributed by atoms with Crippen LogP contribution in [0.3, 0.4) is 0 Å². The zero-order valence-electron chi connectivity index (χ0n) is 10.7. The van der Waals surface area contributed by atoms with Crippen LogP contribution in [0.15, 0.2) is 24.3 Å². The number of carbonyl (C=O) groups excluding carboxylic acids is 1. The maximum absolute atomic E-state index is 13.7. The summed E-state index contributed by atoms with van der Waals surface area (Å²) < 4.78 is 13.7. The first kappa shape index (κ1) is 14.2. The molecule has 0 aliphatic rings. The molecule has 0 aromatic heterocycles. The van der Waals surface area contributed by atoms with Crippen LogP contribution in [-0.2, 0) is 4.79 Å². The molecule has 0 spiro atoms. The number of halogens is 1. The van der Waals surface area contributed by atoms with Gasteiger partial charge in [0.2, 0.25) is 5.91 Å². The van der Waals surface area contributed by atoms with Crippen LogP contribution in [0.1, 0.15) is 26.7 Å². The van der Waals surface area contributed by atoms with Gasteiger partial charge >= 0.3 is 0 Å². The van der Waals surface area contributed by atoms with Crippen molar-refractivity contribution in [3.63, 3.8) is 0 Å². The van der Waals surface area contributed by atoms with Crippen LogP contribution < -0.4 is 4.90 Å². The summed E-state index contributed by atoms with van der Waals surface area (Å²) in [5, 5.41) is 9.00. The van der Waals surface area contributed by atoms with E-state index >= 15 is 0 Å². The van der Waals surface area contributed by atoms with Gasteiger partial charge in [-0.25, -0.2) is 4.39 Å². The average Bonchev–Trinajstić information content (AvgIpc) is 2.38. The lowest BCUT2D eigenvalue weighted by Crippen LogP contribution is -2.36. The predicted octanol–water partition coefficient (Wildman–Crippen LogP) is 3.12. The second-order valence-corrected chi connectivity index (χ2v) is 4.00. The summed E-state index contributed by atoms with van der Waals surface area (Å²) in [6, 6.07) is 8.11. The van der Waals surface area contributed by atoms with Crippen LogP contribution in [0.2, 0.25) is 0 Å². The highest BCUT2D eigenvalue weighted by Gasteiger charge is 2.25. The number of anilines is 1. The summed E-state index contributed by atoms with van der Waals surface area (Å²) in [4.78, 5) is 13.5. The van der Waals surface area contributed by atoms with Crippen molar-refractivity contribution in [1.29, 1.82) is 5.26 Å². The van der Waals surface area contributed by atoms with Gasteiger partial charge in [-0.2, -0.15) is 5.26 Å². The van der Waals surface area contributed by atoms with Crippen LogP contribution in [0.5, 0.6) is 0 Å². The molecule has 0 fully saturated rings. The lowest BCUT2D eigenvalue weighted by atomic mass is 10.0. The van der Waals surface area contributed by atoms with Crippen LogP contribution in [0, 0.1) is 23.1 Å². The van der Waals surface area contributed by atoms with E-state index in [2.05, 4.69) is 0 Å². The summed E-state index contributed by atoms with van der Waals surface area (Å²) in [6.07, 6.45) is 1.25. The van der Waals surface area contributed by atoms with E-state index in [4.69, 9.17) is 5.26 Å². The Kier molecular flexibility index (Phi) is 5.31. The molecule has 4 heteroatoms. The molecular weight excluding hydrogens is 231 g/mol. The van der Waals surface area contributed by atoms with Gasteiger partial charge in [-0.15, -0.1) is 0 Å². The molecule has 1 atom stereocenters. The van der Waals surface area contributed by atoms with Gasteiger partial charge in [-0.1, -0.05) is 25.5 Å². The number of para-hydroxylation sites is 1. The summed E-state index contributed by atoms with van der Waals surface area (Å²) in [7, 11) is 0. The summed E-state index contributed by atoms with van der Waals surface area (Å²) in [5.41, 5.74) is 0.237. The number of amides is 1. The first-order chi connectivity index (χ1) is 8.65. The minimum absolute atomic E-state index is 0.237. The monoisotopic (exact) mass is 248 g/mol. The van der Waals surface area contributed by atoms with Crippen LogP contribution >= 0.6 is 0 Å². The molecule has 18 heavy (non-hydrogen) atoms. The van der Waals surface area contributed by atoms with Crippen molar-refractivity contribution in [2.24, 2.45) is 5.92 Å². The van der Waals surface area contributed by atoms with Crippen molar-refractivity contribution in [2.75, 3.05) is 11.4 Å². The van der Waals surface area contributed by atoms with E-state index in [1.54, 1.807) is 25.1 Å². The fraction of sp³-hybridized carbons (Fsp3) is 0.429. The Morgan fingerprint density at radius 1 is 1.44 bits per heavy atom. The average molecular weight is 248 g/mol. The number of benzene rings is 1. The van der Waals surface area contributed by atoms with Crippen LogP contribution in [0.25, 0.3) is 0 Å². The minimum Gasteiger partial charge on any atom is -0.309 e. The Hall–Kier alpha value is -1.89. The van der Waals surface area contributed by atoms with E-state index in [0.717, 1.165) is 6.42 Å². The largest absolute Gasteiger partial charge is 0.309 e. The third-order valence-electron chi connectivity index (χ3n) is 2.76. The maximum Gasteiger partial charge on any atom is 0.244 e. The standard InChI is InChI=1S/C14H17FN2O/c1-3-7-11(10-16)14(18)17(4-2)13-9-6-5-8-12(13)15/h5-6,8-9,11H,3-4,7H2,1-2H3. The topological polar surface area (TPSA) is 44.1 Å². The zero-order chi connectivity index (χ0) is 13.5. The number of nitriles is 1. The normalized spacial score (nSPS) is 11.7. The number of carbonyl (C=O) groups is 1. The third-order valence-corrected chi connectivity index (χ3v) is 2.76. The molecule has 3 nitrogen and oxygen atoms in total. The molecule has 1 rings (SSSR count). The Balaban J connectivity index is 3.01. The van der Waals surface area contributed by atoms with E-state index in [1.165, 1.54) is 11.0 Å². The molecule has 0 heterocycles. The molecule has 1 aromatic carbocycles. The highest BCUT2D eigenvalue weighted by Crippen LogP contribution is 2.21. The van der Waals surface area contributed by atoms with Crippen molar-refractivity contribution in [3.05, 3.63) is 30.1 Å². The predicted molar refractivity (Wildman–Crippen MR) is 68.4 cm³/mol. The number of hydrogen-bond acceptors (Lipinski definition) is 2. The van der Waals surface area contributed by atoms with Gasteiger partial charge in [0.15, 0.2) is 0 Å². The molecule has 0 bridgehead atoms. The Bertz CT molecular complexity index is 453. The Labute approximate surface area is 107 Å². The Morgan fingerprint density at radius 3 is 2.61 bits per heavy atom. The second-order valence-electron chi connectivity index (χ2n) is 4.00. The van der Waals surface area contributed by atoms with Gasteiger partial charge in [-0.3, -0.25) is 4.79 Å². The van der Waals surface area contributed by atoms with Crippen molar-refractivity contribution < 1.29 is 9.18 Å². The molecule has 0 N–H and O–H groups in total. The molecular formula is C14H17FN2O. The summed E-state index contributed by atoms with van der Waals surface area (Å²) in [6.45, 7) is 4.03. The lowest BCUT2D eigenvalue weighted by Gasteiger charge is -2.23. The molecule has 1 amide bonds. The van der Waals surface area contributed by atoms with Gasteiger partial charge < -0.3 is 4.90 Å². The van der Waals surface area contributed by atoms with Crippen LogP contribution in [-0.4, -0.2) is 12.5 Å². The number of nitrogens with zero attached hydrogens (tertiary/aromatic N) is 2. The van der Waals surface area contributed by atoms with E-state index in [9.17, 15) is 9.18 Å². The highest BCUT2D eigenvalue weighted by atomic mass is 19.1. The SMILES string of the molecule is CCCC(C#N)C(=O)N(CC)c1ccccc1F. The van der Waals surface area contributed by atoms with E-state index in [0.29, 0.717) is 13.0 Å². The van der Waals surface area contributed by atoms with E-state index in [1.807, 2.05) is 13.0 Å². The number of hydrogen-bond donors (Lipinski definition) is 0.